The van der Waals surface area contributed by atoms with Gasteiger partial charge in [-0.2, -0.15) is 0 Å². The molecule has 1 aromatic rings. The van der Waals surface area contributed by atoms with Gasteiger partial charge in [-0.15, -0.1) is 11.3 Å². The van der Waals surface area contributed by atoms with E-state index in [-0.39, 0.29) is 12.6 Å². The van der Waals surface area contributed by atoms with Crippen molar-refractivity contribution in [3.63, 3.8) is 0 Å². The zero-order chi connectivity index (χ0) is 12.7. The van der Waals surface area contributed by atoms with E-state index in [9.17, 15) is 5.11 Å². The van der Waals surface area contributed by atoms with E-state index < -0.39 is 0 Å². The van der Waals surface area contributed by atoms with Crippen LogP contribution >= 0.6 is 27.3 Å². The summed E-state index contributed by atoms with van der Waals surface area (Å²) in [6.45, 7) is 8.57. The third-order valence-electron chi connectivity index (χ3n) is 2.83. The monoisotopic (exact) mass is 320 g/mol. The van der Waals surface area contributed by atoms with Crippen molar-refractivity contribution in [3.8, 4) is 0 Å². The number of thiophene rings is 1. The summed E-state index contributed by atoms with van der Waals surface area (Å²) >= 11 is 5.11. The summed E-state index contributed by atoms with van der Waals surface area (Å²) < 4.78 is 1.08. The molecule has 0 saturated heterocycles. The minimum Gasteiger partial charge on any atom is -0.394 e. The van der Waals surface area contributed by atoms with Gasteiger partial charge in [0, 0.05) is 27.8 Å². The molecule has 0 aromatic carbocycles. The molecule has 0 fully saturated rings. The number of rotatable bonds is 8. The molecule has 98 valence electrons. The topological polar surface area (TPSA) is 35.5 Å². The highest BCUT2D eigenvalue weighted by atomic mass is 79.9. The van der Waals surface area contributed by atoms with Gasteiger partial charge < -0.3 is 15.3 Å². The molecule has 1 heterocycles. The van der Waals surface area contributed by atoms with Crippen molar-refractivity contribution in [2.75, 3.05) is 32.8 Å². The maximum absolute atomic E-state index is 9.38. The first-order valence-electron chi connectivity index (χ1n) is 6.01. The number of aliphatic hydroxyl groups excluding tert-OH is 1. The third kappa shape index (κ3) is 5.06. The zero-order valence-electron chi connectivity index (χ0n) is 10.4. The largest absolute Gasteiger partial charge is 0.394 e. The van der Waals surface area contributed by atoms with E-state index in [1.165, 1.54) is 4.88 Å². The first kappa shape index (κ1) is 15.1. The average molecular weight is 321 g/mol. The molecule has 0 aliphatic heterocycles. The van der Waals surface area contributed by atoms with Gasteiger partial charge in [-0.05, 0) is 35.1 Å². The zero-order valence-corrected chi connectivity index (χ0v) is 12.9. The van der Waals surface area contributed by atoms with Crippen molar-refractivity contribution >= 4 is 27.3 Å². The van der Waals surface area contributed by atoms with Gasteiger partial charge in [0.25, 0.3) is 0 Å². The lowest BCUT2D eigenvalue weighted by Gasteiger charge is -2.20. The number of nitrogens with zero attached hydrogens (tertiary/aromatic N) is 1. The smallest absolute Gasteiger partial charge is 0.0650 e. The van der Waals surface area contributed by atoms with Crippen molar-refractivity contribution in [2.45, 2.75) is 19.9 Å². The second-order valence-electron chi connectivity index (χ2n) is 3.88. The second-order valence-corrected chi connectivity index (χ2v) is 5.74. The fraction of sp³-hybridized carbons (Fsp3) is 0.667. The normalized spacial score (nSPS) is 13.2. The van der Waals surface area contributed by atoms with Crippen LogP contribution in [0, 0.1) is 0 Å². The summed E-state index contributed by atoms with van der Waals surface area (Å²) in [5.41, 5.74) is 0. The van der Waals surface area contributed by atoms with E-state index in [1.54, 1.807) is 11.3 Å². The molecule has 2 N–H and O–H groups in total. The maximum Gasteiger partial charge on any atom is 0.0650 e. The molecular formula is C12H21BrN2OS. The summed E-state index contributed by atoms with van der Waals surface area (Å²) in [5.74, 6) is 0. The third-order valence-corrected chi connectivity index (χ3v) is 4.63. The Morgan fingerprint density at radius 3 is 2.65 bits per heavy atom. The Labute approximate surface area is 116 Å². The molecule has 0 saturated carbocycles. The van der Waals surface area contributed by atoms with Crippen LogP contribution in [0.1, 0.15) is 24.8 Å². The molecule has 0 spiro atoms. The van der Waals surface area contributed by atoms with Gasteiger partial charge in [-0.3, -0.25) is 0 Å². The van der Waals surface area contributed by atoms with E-state index in [0.717, 1.165) is 30.7 Å². The van der Waals surface area contributed by atoms with Crippen molar-refractivity contribution in [2.24, 2.45) is 0 Å². The van der Waals surface area contributed by atoms with Crippen LogP contribution in [0.25, 0.3) is 0 Å². The predicted molar refractivity (Wildman–Crippen MR) is 77.6 cm³/mol. The van der Waals surface area contributed by atoms with Crippen LogP contribution in [0.2, 0.25) is 0 Å². The number of nitrogens with one attached hydrogen (secondary N) is 1. The van der Waals surface area contributed by atoms with Gasteiger partial charge >= 0.3 is 0 Å². The molecular weight excluding hydrogens is 300 g/mol. The van der Waals surface area contributed by atoms with Crippen LogP contribution in [0.4, 0.5) is 0 Å². The van der Waals surface area contributed by atoms with Crippen LogP contribution in [-0.4, -0.2) is 42.8 Å². The molecule has 0 aliphatic rings. The molecule has 1 aromatic heterocycles. The number of hydrogen-bond donors (Lipinski definition) is 2. The highest BCUT2D eigenvalue weighted by Gasteiger charge is 2.12. The van der Waals surface area contributed by atoms with Gasteiger partial charge in [-0.1, -0.05) is 13.8 Å². The first-order chi connectivity index (χ1) is 8.21. The highest BCUT2D eigenvalue weighted by molar-refractivity contribution is 9.10. The van der Waals surface area contributed by atoms with Crippen LogP contribution in [-0.2, 0) is 0 Å². The van der Waals surface area contributed by atoms with Crippen LogP contribution in [0.5, 0.6) is 0 Å². The van der Waals surface area contributed by atoms with Crippen LogP contribution in [0.15, 0.2) is 15.9 Å². The van der Waals surface area contributed by atoms with Gasteiger partial charge in [0.05, 0.1) is 12.6 Å². The molecule has 1 unspecified atom stereocenters. The van der Waals surface area contributed by atoms with Crippen molar-refractivity contribution in [1.82, 2.24) is 10.2 Å². The van der Waals surface area contributed by atoms with Gasteiger partial charge in [0.15, 0.2) is 0 Å². The minimum absolute atomic E-state index is 0.0573. The lowest BCUT2D eigenvalue weighted by Crippen LogP contribution is -2.34. The lowest BCUT2D eigenvalue weighted by molar-refractivity contribution is 0.235. The van der Waals surface area contributed by atoms with Crippen LogP contribution in [0.3, 0.4) is 0 Å². The first-order valence-corrected chi connectivity index (χ1v) is 7.69. The Bertz CT molecular complexity index is 315. The fourth-order valence-corrected chi connectivity index (χ4v) is 3.22. The Morgan fingerprint density at radius 1 is 1.47 bits per heavy atom. The SMILES string of the molecule is CCN(CC)CCNC(CO)c1cc(Br)cs1. The van der Waals surface area contributed by atoms with E-state index in [1.807, 2.05) is 5.38 Å². The molecule has 3 nitrogen and oxygen atoms in total. The Kier molecular flexibility index (Phi) is 7.30. The number of likely N-dealkylation sites (N-methyl/N-ethyl adjacent to an activating group) is 1. The van der Waals surface area contributed by atoms with E-state index in [2.05, 4.69) is 46.1 Å². The average Bonchev–Trinajstić information content (AvgIpc) is 2.76. The molecule has 0 aliphatic carbocycles. The van der Waals surface area contributed by atoms with Gasteiger partial charge in [0.2, 0.25) is 0 Å². The summed E-state index contributed by atoms with van der Waals surface area (Å²) in [6.07, 6.45) is 0. The molecule has 0 radical (unpaired) electrons. The standard InChI is InChI=1S/C12H21BrN2OS/c1-3-15(4-2)6-5-14-11(8-16)12-7-10(13)9-17-12/h7,9,11,14,16H,3-6,8H2,1-2H3. The Balaban J connectivity index is 2.38. The molecule has 17 heavy (non-hydrogen) atoms. The van der Waals surface area contributed by atoms with Crippen LogP contribution < -0.4 is 5.32 Å². The van der Waals surface area contributed by atoms with E-state index >= 15 is 0 Å². The lowest BCUT2D eigenvalue weighted by atomic mass is 10.2. The highest BCUT2D eigenvalue weighted by Crippen LogP contribution is 2.25. The van der Waals surface area contributed by atoms with E-state index in [4.69, 9.17) is 0 Å². The predicted octanol–water partition coefficient (Wildman–Crippen LogP) is 2.48. The summed E-state index contributed by atoms with van der Waals surface area (Å²) in [4.78, 5) is 3.55. The minimum atomic E-state index is 0.0573. The quantitative estimate of drug-likeness (QED) is 0.772. The molecule has 1 rings (SSSR count). The number of aliphatic hydroxyl groups is 1. The van der Waals surface area contributed by atoms with E-state index in [0.29, 0.717) is 0 Å². The van der Waals surface area contributed by atoms with Gasteiger partial charge in [-0.25, -0.2) is 0 Å². The molecule has 5 heteroatoms. The number of hydrogen-bond acceptors (Lipinski definition) is 4. The summed E-state index contributed by atoms with van der Waals surface area (Å²) in [5, 5.41) is 14.8. The molecule has 0 bridgehead atoms. The van der Waals surface area contributed by atoms with Crippen molar-refractivity contribution in [3.05, 3.63) is 20.8 Å². The van der Waals surface area contributed by atoms with Crippen molar-refractivity contribution < 1.29 is 5.11 Å². The Hall–Kier alpha value is 0.0600. The number of halogens is 1. The Morgan fingerprint density at radius 2 is 2.18 bits per heavy atom. The van der Waals surface area contributed by atoms with Crippen molar-refractivity contribution in [1.29, 1.82) is 0 Å². The summed E-state index contributed by atoms with van der Waals surface area (Å²) in [6, 6.07) is 2.12. The molecule has 1 atom stereocenters. The molecule has 0 amide bonds. The maximum atomic E-state index is 9.38. The van der Waals surface area contributed by atoms with Gasteiger partial charge in [0.1, 0.15) is 0 Å². The fourth-order valence-electron chi connectivity index (χ4n) is 1.70. The second kappa shape index (κ2) is 8.21. The summed E-state index contributed by atoms with van der Waals surface area (Å²) in [7, 11) is 0.